The molecule has 2 fully saturated rings. The topological polar surface area (TPSA) is 81.7 Å². The van der Waals surface area contributed by atoms with Crippen LogP contribution in [-0.4, -0.2) is 76.9 Å². The molecule has 2 aliphatic heterocycles. The number of hydrogen-bond donors (Lipinski definition) is 1. The van der Waals surface area contributed by atoms with E-state index in [9.17, 15) is 18.4 Å². The molecule has 0 saturated carbocycles. The molecular formula is C29H31ClF2N6O2. The molecule has 210 valence electrons. The van der Waals surface area contributed by atoms with Crippen LogP contribution in [0.3, 0.4) is 0 Å². The smallest absolute Gasteiger partial charge is 0.254 e. The maximum absolute atomic E-state index is 13.4. The number of piperazine rings is 1. The maximum Gasteiger partial charge on any atom is 0.254 e. The number of nitrogens with one attached hydrogen (secondary N) is 1. The number of anilines is 1. The minimum atomic E-state index is -0.953. The number of amides is 2. The summed E-state index contributed by atoms with van der Waals surface area (Å²) in [4.78, 5) is 41.0. The Kier molecular flexibility index (Phi) is 8.56. The van der Waals surface area contributed by atoms with Crippen LogP contribution in [-0.2, 0) is 6.54 Å². The van der Waals surface area contributed by atoms with Crippen molar-refractivity contribution in [1.29, 1.82) is 0 Å². The Hall–Kier alpha value is -3.63. The second-order valence-electron chi connectivity index (χ2n) is 10.2. The number of nitrogens with zero attached hydrogens (tertiary/aromatic N) is 5. The van der Waals surface area contributed by atoms with Gasteiger partial charge < -0.3 is 15.1 Å². The molecule has 2 aliphatic rings. The van der Waals surface area contributed by atoms with E-state index in [0.29, 0.717) is 39.4 Å². The predicted molar refractivity (Wildman–Crippen MR) is 148 cm³/mol. The molecule has 1 aromatic heterocycles. The van der Waals surface area contributed by atoms with Crippen LogP contribution in [0.15, 0.2) is 48.7 Å². The highest BCUT2D eigenvalue weighted by Gasteiger charge is 2.30. The Morgan fingerprint density at radius 3 is 2.33 bits per heavy atom. The van der Waals surface area contributed by atoms with Gasteiger partial charge in [0.1, 0.15) is 0 Å². The molecule has 3 aromatic rings. The summed E-state index contributed by atoms with van der Waals surface area (Å²) in [5.74, 6) is -1.63. The van der Waals surface area contributed by atoms with Gasteiger partial charge in [-0.05, 0) is 61.7 Å². The molecule has 1 N–H and O–H groups in total. The fourth-order valence-electron chi connectivity index (χ4n) is 5.25. The van der Waals surface area contributed by atoms with E-state index in [-0.39, 0.29) is 18.4 Å². The van der Waals surface area contributed by atoms with Gasteiger partial charge in [0, 0.05) is 68.6 Å². The van der Waals surface area contributed by atoms with Crippen molar-refractivity contribution in [3.63, 3.8) is 0 Å². The Labute approximate surface area is 237 Å². The van der Waals surface area contributed by atoms with Gasteiger partial charge in [-0.2, -0.15) is 0 Å². The average Bonchev–Trinajstić information content (AvgIpc) is 2.98. The van der Waals surface area contributed by atoms with Gasteiger partial charge in [0.15, 0.2) is 11.6 Å². The third-order valence-electron chi connectivity index (χ3n) is 7.60. The van der Waals surface area contributed by atoms with Crippen molar-refractivity contribution in [3.8, 4) is 0 Å². The van der Waals surface area contributed by atoms with Gasteiger partial charge in [0.05, 0.1) is 11.3 Å². The van der Waals surface area contributed by atoms with Gasteiger partial charge in [-0.1, -0.05) is 17.7 Å². The fraction of sp³-hybridized carbons (Fsp3) is 0.379. The van der Waals surface area contributed by atoms with Crippen LogP contribution in [0.25, 0.3) is 0 Å². The first-order valence-electron chi connectivity index (χ1n) is 13.4. The third-order valence-corrected chi connectivity index (χ3v) is 7.86. The van der Waals surface area contributed by atoms with E-state index >= 15 is 0 Å². The molecule has 0 spiro atoms. The van der Waals surface area contributed by atoms with Crippen LogP contribution >= 0.6 is 11.6 Å². The van der Waals surface area contributed by atoms with E-state index < -0.39 is 11.6 Å². The number of rotatable bonds is 6. The first-order chi connectivity index (χ1) is 19.3. The lowest BCUT2D eigenvalue weighted by Crippen LogP contribution is -2.54. The van der Waals surface area contributed by atoms with Crippen LogP contribution in [0.1, 0.15) is 44.8 Å². The standard InChI is InChI=1S/C29H31ClF2N6O2/c1-19-24(27(39)33-17-20-2-7-25(31)26(32)16-20)18-34-29(35-19)38-14-12-36(13-15-38)23-8-10-37(11-9-23)28(40)21-3-5-22(30)6-4-21/h2-7,16,18,23H,8-15,17H2,1H3,(H,33,39). The summed E-state index contributed by atoms with van der Waals surface area (Å²) in [5, 5.41) is 3.33. The molecule has 8 nitrogen and oxygen atoms in total. The summed E-state index contributed by atoms with van der Waals surface area (Å²) < 4.78 is 26.5. The second-order valence-corrected chi connectivity index (χ2v) is 10.6. The number of carbonyl (C=O) groups excluding carboxylic acids is 2. The van der Waals surface area contributed by atoms with Crippen LogP contribution < -0.4 is 10.2 Å². The Balaban J connectivity index is 1.10. The molecule has 0 atom stereocenters. The highest BCUT2D eigenvalue weighted by atomic mass is 35.5. The summed E-state index contributed by atoms with van der Waals surface area (Å²) in [7, 11) is 0. The highest BCUT2D eigenvalue weighted by molar-refractivity contribution is 6.30. The summed E-state index contributed by atoms with van der Waals surface area (Å²) in [6.07, 6.45) is 3.38. The molecule has 5 rings (SSSR count). The van der Waals surface area contributed by atoms with Gasteiger partial charge in [0.25, 0.3) is 11.8 Å². The van der Waals surface area contributed by atoms with Crippen molar-refractivity contribution in [2.45, 2.75) is 32.4 Å². The first kappa shape index (κ1) is 27.9. The Morgan fingerprint density at radius 2 is 1.68 bits per heavy atom. The van der Waals surface area contributed by atoms with Crippen LogP contribution in [0.4, 0.5) is 14.7 Å². The molecule has 2 amide bonds. The number of hydrogen-bond acceptors (Lipinski definition) is 6. The molecule has 3 heterocycles. The molecule has 0 aliphatic carbocycles. The lowest BCUT2D eigenvalue weighted by molar-refractivity contribution is 0.0610. The monoisotopic (exact) mass is 568 g/mol. The van der Waals surface area contributed by atoms with E-state index in [4.69, 9.17) is 11.6 Å². The number of aromatic nitrogens is 2. The quantitative estimate of drug-likeness (QED) is 0.483. The zero-order valence-corrected chi connectivity index (χ0v) is 23.0. The molecule has 11 heteroatoms. The second kappa shape index (κ2) is 12.3. The van der Waals surface area contributed by atoms with Crippen molar-refractivity contribution in [2.75, 3.05) is 44.2 Å². The van der Waals surface area contributed by atoms with Crippen molar-refractivity contribution in [3.05, 3.63) is 87.7 Å². The van der Waals surface area contributed by atoms with Crippen molar-refractivity contribution in [1.82, 2.24) is 25.1 Å². The molecule has 2 saturated heterocycles. The van der Waals surface area contributed by atoms with Crippen LogP contribution in [0, 0.1) is 18.6 Å². The lowest BCUT2D eigenvalue weighted by atomic mass is 10.0. The Morgan fingerprint density at radius 1 is 0.975 bits per heavy atom. The zero-order valence-electron chi connectivity index (χ0n) is 22.2. The normalized spacial score (nSPS) is 16.7. The van der Waals surface area contributed by atoms with Crippen LogP contribution in [0.5, 0.6) is 0 Å². The third kappa shape index (κ3) is 6.39. The zero-order chi connectivity index (χ0) is 28.2. The van der Waals surface area contributed by atoms with E-state index in [2.05, 4.69) is 25.1 Å². The van der Waals surface area contributed by atoms with Crippen molar-refractivity contribution >= 4 is 29.4 Å². The fourth-order valence-corrected chi connectivity index (χ4v) is 5.38. The van der Waals surface area contributed by atoms with Gasteiger partial charge in [-0.15, -0.1) is 0 Å². The average molecular weight is 569 g/mol. The van der Waals surface area contributed by atoms with Crippen LogP contribution in [0.2, 0.25) is 5.02 Å². The summed E-state index contributed by atoms with van der Waals surface area (Å²) in [6, 6.07) is 11.0. The lowest BCUT2D eigenvalue weighted by Gasteiger charge is -2.42. The van der Waals surface area contributed by atoms with Crippen molar-refractivity contribution in [2.24, 2.45) is 0 Å². The molecule has 0 bridgehead atoms. The van der Waals surface area contributed by atoms with Gasteiger partial charge in [-0.25, -0.2) is 18.7 Å². The Bertz CT molecular complexity index is 1370. The summed E-state index contributed by atoms with van der Waals surface area (Å²) in [5.41, 5.74) is 2.01. The molecule has 40 heavy (non-hydrogen) atoms. The molecule has 0 unspecified atom stereocenters. The van der Waals surface area contributed by atoms with Gasteiger partial charge in [-0.3, -0.25) is 14.5 Å². The van der Waals surface area contributed by atoms with E-state index in [1.165, 1.54) is 12.3 Å². The number of aryl methyl sites for hydroxylation is 1. The molecular weight excluding hydrogens is 538 g/mol. The molecule has 0 radical (unpaired) electrons. The minimum Gasteiger partial charge on any atom is -0.348 e. The van der Waals surface area contributed by atoms with E-state index in [1.807, 2.05) is 4.90 Å². The highest BCUT2D eigenvalue weighted by Crippen LogP contribution is 2.22. The largest absolute Gasteiger partial charge is 0.348 e. The van der Waals surface area contributed by atoms with Gasteiger partial charge >= 0.3 is 0 Å². The number of piperidine rings is 1. The number of benzene rings is 2. The molecule has 2 aromatic carbocycles. The summed E-state index contributed by atoms with van der Waals surface area (Å²) >= 11 is 5.95. The number of carbonyl (C=O) groups is 2. The minimum absolute atomic E-state index is 0.0499. The first-order valence-corrected chi connectivity index (χ1v) is 13.8. The van der Waals surface area contributed by atoms with Gasteiger partial charge in [0.2, 0.25) is 5.95 Å². The SMILES string of the molecule is Cc1nc(N2CCN(C3CCN(C(=O)c4ccc(Cl)cc4)CC3)CC2)ncc1C(=O)NCc1ccc(F)c(F)c1. The van der Waals surface area contributed by atoms with E-state index in [1.54, 1.807) is 31.2 Å². The maximum atomic E-state index is 13.4. The van der Waals surface area contributed by atoms with Crippen molar-refractivity contribution < 1.29 is 18.4 Å². The number of likely N-dealkylation sites (tertiary alicyclic amines) is 1. The van der Waals surface area contributed by atoms with E-state index in [0.717, 1.165) is 64.2 Å². The summed E-state index contributed by atoms with van der Waals surface area (Å²) in [6.45, 7) is 6.56. The number of halogens is 3. The predicted octanol–water partition coefficient (Wildman–Crippen LogP) is 4.07.